The lowest BCUT2D eigenvalue weighted by atomic mass is 9.38. The summed E-state index contributed by atoms with van der Waals surface area (Å²) in [6, 6.07) is 2.42. The van der Waals surface area contributed by atoms with E-state index in [0.29, 0.717) is 5.41 Å². The van der Waals surface area contributed by atoms with Crippen molar-refractivity contribution in [3.05, 3.63) is 0 Å². The Morgan fingerprint density at radius 1 is 1.40 bits per heavy atom. The van der Waals surface area contributed by atoms with Gasteiger partial charge in [0.2, 0.25) is 0 Å². The summed E-state index contributed by atoms with van der Waals surface area (Å²) in [7, 11) is 1.02. The van der Waals surface area contributed by atoms with Crippen molar-refractivity contribution in [3.63, 3.8) is 0 Å². The van der Waals surface area contributed by atoms with Crippen LogP contribution in [0, 0.1) is 16.7 Å². The molecule has 0 aromatic rings. The first-order valence-corrected chi connectivity index (χ1v) is 3.95. The standard InChI is InChI=1S/C8H14BN/c1-7(2)4-8(5-7,6-10)9-3/h9H,4-5H2,1-3H3. The molecule has 1 nitrogen and oxygen atoms in total. The van der Waals surface area contributed by atoms with Crippen molar-refractivity contribution in [3.8, 4) is 6.07 Å². The van der Waals surface area contributed by atoms with Gasteiger partial charge < -0.3 is 0 Å². The van der Waals surface area contributed by atoms with Crippen LogP contribution in [-0.4, -0.2) is 7.28 Å². The van der Waals surface area contributed by atoms with Gasteiger partial charge in [-0.1, -0.05) is 20.7 Å². The maximum absolute atomic E-state index is 8.82. The second-order valence-corrected chi connectivity index (χ2v) is 4.26. The topological polar surface area (TPSA) is 23.8 Å². The third-order valence-electron chi connectivity index (χ3n) is 2.55. The highest BCUT2D eigenvalue weighted by Crippen LogP contribution is 2.58. The molecule has 2 heteroatoms. The molecule has 0 aromatic heterocycles. The maximum Gasteiger partial charge on any atom is 0.143 e. The van der Waals surface area contributed by atoms with E-state index < -0.39 is 0 Å². The third-order valence-corrected chi connectivity index (χ3v) is 2.55. The lowest BCUT2D eigenvalue weighted by Gasteiger charge is -2.48. The number of nitrogens with zero attached hydrogens (tertiary/aromatic N) is 1. The molecule has 10 heavy (non-hydrogen) atoms. The third kappa shape index (κ3) is 1.05. The van der Waals surface area contributed by atoms with Crippen LogP contribution in [0.3, 0.4) is 0 Å². The van der Waals surface area contributed by atoms with Crippen LogP contribution in [0.4, 0.5) is 0 Å². The summed E-state index contributed by atoms with van der Waals surface area (Å²) in [5.41, 5.74) is 0.436. The van der Waals surface area contributed by atoms with Crippen LogP contribution in [0.15, 0.2) is 0 Å². The molecule has 0 aliphatic heterocycles. The van der Waals surface area contributed by atoms with Crippen molar-refractivity contribution in [1.29, 1.82) is 5.26 Å². The SMILES string of the molecule is CBC1(C#N)CC(C)(C)C1. The van der Waals surface area contributed by atoms with Crippen LogP contribution in [0.2, 0.25) is 12.1 Å². The Hall–Kier alpha value is -0.445. The van der Waals surface area contributed by atoms with E-state index in [1.807, 2.05) is 0 Å². The van der Waals surface area contributed by atoms with Crippen molar-refractivity contribution >= 4 is 7.28 Å². The zero-order valence-electron chi connectivity index (χ0n) is 7.07. The summed E-state index contributed by atoms with van der Waals surface area (Å²) in [4.78, 5) is 0. The highest BCUT2D eigenvalue weighted by molar-refractivity contribution is 6.40. The molecule has 0 unspecified atom stereocenters. The Bertz CT molecular complexity index is 170. The highest BCUT2D eigenvalue weighted by atomic mass is 14.5. The number of hydrogen-bond donors (Lipinski definition) is 0. The summed E-state index contributed by atoms with van der Waals surface area (Å²) in [5, 5.41) is 8.86. The van der Waals surface area contributed by atoms with E-state index in [2.05, 4.69) is 26.7 Å². The Morgan fingerprint density at radius 2 is 1.90 bits per heavy atom. The van der Waals surface area contributed by atoms with E-state index in [4.69, 9.17) is 5.26 Å². The monoisotopic (exact) mass is 135 g/mol. The minimum atomic E-state index is 0.0451. The molecule has 1 aliphatic rings. The fourth-order valence-electron chi connectivity index (χ4n) is 2.19. The molecule has 54 valence electrons. The van der Waals surface area contributed by atoms with Gasteiger partial charge in [-0.15, -0.1) is 0 Å². The van der Waals surface area contributed by atoms with Gasteiger partial charge in [-0.3, -0.25) is 0 Å². The maximum atomic E-state index is 8.82. The Kier molecular flexibility index (Phi) is 1.55. The van der Waals surface area contributed by atoms with Gasteiger partial charge in [-0.25, -0.2) is 0 Å². The number of rotatable bonds is 1. The molecule has 0 aromatic carbocycles. The molecule has 0 spiro atoms. The molecule has 1 fully saturated rings. The predicted octanol–water partition coefficient (Wildman–Crippen LogP) is 1.97. The molecular weight excluding hydrogens is 121 g/mol. The second kappa shape index (κ2) is 2.02. The summed E-state index contributed by atoms with van der Waals surface area (Å²) in [6.45, 7) is 6.58. The van der Waals surface area contributed by atoms with Gasteiger partial charge in [0.15, 0.2) is 0 Å². The zero-order chi connectivity index (χ0) is 7.83. The van der Waals surface area contributed by atoms with E-state index in [0.717, 1.165) is 20.1 Å². The quantitative estimate of drug-likeness (QED) is 0.504. The molecule has 0 amide bonds. The molecule has 0 bridgehead atoms. The van der Waals surface area contributed by atoms with Crippen molar-refractivity contribution < 1.29 is 0 Å². The molecule has 0 heterocycles. The van der Waals surface area contributed by atoms with Crippen LogP contribution < -0.4 is 0 Å². The van der Waals surface area contributed by atoms with Gasteiger partial charge in [0.1, 0.15) is 7.28 Å². The first kappa shape index (κ1) is 7.66. The lowest BCUT2D eigenvalue weighted by molar-refractivity contribution is 0.148. The Morgan fingerprint density at radius 3 is 2.00 bits per heavy atom. The van der Waals surface area contributed by atoms with E-state index >= 15 is 0 Å². The normalized spacial score (nSPS) is 26.2. The van der Waals surface area contributed by atoms with E-state index in [1.165, 1.54) is 0 Å². The van der Waals surface area contributed by atoms with Gasteiger partial charge >= 0.3 is 0 Å². The summed E-state index contributed by atoms with van der Waals surface area (Å²) in [5.74, 6) is 0. The zero-order valence-corrected chi connectivity index (χ0v) is 7.07. The molecule has 0 radical (unpaired) electrons. The van der Waals surface area contributed by atoms with Crippen molar-refractivity contribution in [2.45, 2.75) is 38.8 Å². The largest absolute Gasteiger partial charge is 0.199 e. The van der Waals surface area contributed by atoms with E-state index in [1.54, 1.807) is 0 Å². The molecule has 1 saturated carbocycles. The Balaban J connectivity index is 2.57. The van der Waals surface area contributed by atoms with Gasteiger partial charge in [0.05, 0.1) is 6.07 Å². The molecule has 0 atom stereocenters. The summed E-state index contributed by atoms with van der Waals surface area (Å²) in [6.07, 6.45) is 2.18. The molecule has 1 aliphatic carbocycles. The molecule has 0 saturated heterocycles. The van der Waals surface area contributed by atoms with Crippen LogP contribution in [0.25, 0.3) is 0 Å². The first-order chi connectivity index (χ1) is 4.54. The van der Waals surface area contributed by atoms with Crippen molar-refractivity contribution in [2.75, 3.05) is 0 Å². The second-order valence-electron chi connectivity index (χ2n) is 4.26. The molecule has 1 rings (SSSR count). The fourth-order valence-corrected chi connectivity index (χ4v) is 2.19. The van der Waals surface area contributed by atoms with Gasteiger partial charge in [-0.2, -0.15) is 5.26 Å². The highest BCUT2D eigenvalue weighted by Gasteiger charge is 2.48. The van der Waals surface area contributed by atoms with Crippen LogP contribution >= 0.6 is 0 Å². The predicted molar refractivity (Wildman–Crippen MR) is 44.3 cm³/mol. The summed E-state index contributed by atoms with van der Waals surface area (Å²) < 4.78 is 0. The van der Waals surface area contributed by atoms with Crippen LogP contribution in [0.5, 0.6) is 0 Å². The number of nitriles is 1. The summed E-state index contributed by atoms with van der Waals surface area (Å²) >= 11 is 0. The van der Waals surface area contributed by atoms with Crippen LogP contribution in [0.1, 0.15) is 26.7 Å². The van der Waals surface area contributed by atoms with Gasteiger partial charge in [0.25, 0.3) is 0 Å². The van der Waals surface area contributed by atoms with E-state index in [9.17, 15) is 0 Å². The lowest BCUT2D eigenvalue weighted by Crippen LogP contribution is -2.39. The number of hydrogen-bond acceptors (Lipinski definition) is 1. The average molecular weight is 135 g/mol. The fraction of sp³-hybridized carbons (Fsp3) is 0.875. The minimum Gasteiger partial charge on any atom is -0.199 e. The van der Waals surface area contributed by atoms with Gasteiger partial charge in [0, 0.05) is 5.31 Å². The molecular formula is C8H14BN. The first-order valence-electron chi connectivity index (χ1n) is 3.95. The van der Waals surface area contributed by atoms with Crippen molar-refractivity contribution in [2.24, 2.45) is 5.41 Å². The van der Waals surface area contributed by atoms with Crippen LogP contribution in [-0.2, 0) is 0 Å². The molecule has 0 N–H and O–H groups in total. The van der Waals surface area contributed by atoms with Crippen molar-refractivity contribution in [1.82, 2.24) is 0 Å². The van der Waals surface area contributed by atoms with Gasteiger partial charge in [-0.05, 0) is 18.3 Å². The Labute approximate surface area is 63.7 Å². The smallest absolute Gasteiger partial charge is 0.143 e. The van der Waals surface area contributed by atoms with E-state index in [-0.39, 0.29) is 5.31 Å². The average Bonchev–Trinajstić information content (AvgIpc) is 1.82. The minimum absolute atomic E-state index is 0.0451.